The van der Waals surface area contributed by atoms with Gasteiger partial charge in [0, 0.05) is 17.2 Å². The number of rotatable bonds is 7. The zero-order chi connectivity index (χ0) is 16.0. The van der Waals surface area contributed by atoms with E-state index in [0.717, 1.165) is 0 Å². The Balaban J connectivity index is 2.76. The van der Waals surface area contributed by atoms with Crippen LogP contribution in [0.15, 0.2) is 18.2 Å². The second-order valence-corrected chi connectivity index (χ2v) is 5.87. The van der Waals surface area contributed by atoms with E-state index in [1.54, 1.807) is 25.1 Å². The minimum Gasteiger partial charge on any atom is -0.481 e. The van der Waals surface area contributed by atoms with Crippen LogP contribution in [0.5, 0.6) is 0 Å². The molecule has 5 nitrogen and oxygen atoms in total. The summed E-state index contributed by atoms with van der Waals surface area (Å²) in [6.07, 6.45) is -0.199. The zero-order valence-corrected chi connectivity index (χ0v) is 13.3. The number of amides is 1. The number of carbonyl (C=O) groups excluding carboxylic acids is 1. The first kappa shape index (κ1) is 17.8. The molecule has 1 aromatic carbocycles. The van der Waals surface area contributed by atoms with Crippen molar-refractivity contribution in [1.29, 1.82) is 0 Å². The number of halogens is 2. The lowest BCUT2D eigenvalue weighted by atomic mass is 9.98. The molecular formula is C14H17Cl2NO4. The molecule has 0 aromatic heterocycles. The summed E-state index contributed by atoms with van der Waals surface area (Å²) < 4.78 is 4.98. The van der Waals surface area contributed by atoms with Gasteiger partial charge in [-0.15, -0.1) is 0 Å². The fourth-order valence-electron chi connectivity index (χ4n) is 2.00. The Morgan fingerprint density at radius 2 is 2.05 bits per heavy atom. The molecule has 2 N–H and O–H groups in total. The van der Waals surface area contributed by atoms with Crippen molar-refractivity contribution in [2.75, 3.05) is 13.7 Å². The quantitative estimate of drug-likeness (QED) is 0.803. The van der Waals surface area contributed by atoms with Crippen LogP contribution in [0.1, 0.15) is 18.9 Å². The van der Waals surface area contributed by atoms with Gasteiger partial charge in [0.25, 0.3) is 0 Å². The third-order valence-corrected chi connectivity index (χ3v) is 3.40. The van der Waals surface area contributed by atoms with Gasteiger partial charge in [-0.05, 0) is 24.6 Å². The van der Waals surface area contributed by atoms with E-state index in [-0.39, 0.29) is 25.4 Å². The first-order valence-electron chi connectivity index (χ1n) is 6.21. The Kier molecular flexibility index (Phi) is 6.45. The molecule has 1 aromatic rings. The number of benzene rings is 1. The van der Waals surface area contributed by atoms with Crippen LogP contribution in [0, 0.1) is 0 Å². The van der Waals surface area contributed by atoms with Gasteiger partial charge in [0.2, 0.25) is 5.91 Å². The number of methoxy groups -OCH3 is 1. The van der Waals surface area contributed by atoms with Crippen LogP contribution >= 0.6 is 23.2 Å². The standard InChI is InChI=1S/C14H17Cl2NO4/c1-14(8-21-2,7-13(19)20)17-12(18)5-9-3-4-10(15)6-11(9)16/h3-4,6H,5,7-8H2,1-2H3,(H,17,18)(H,19,20). The van der Waals surface area contributed by atoms with Crippen LogP contribution in [0.25, 0.3) is 0 Å². The number of hydrogen-bond acceptors (Lipinski definition) is 3. The van der Waals surface area contributed by atoms with Gasteiger partial charge in [-0.2, -0.15) is 0 Å². The lowest BCUT2D eigenvalue weighted by Gasteiger charge is -2.28. The average molecular weight is 334 g/mol. The van der Waals surface area contributed by atoms with Gasteiger partial charge in [0.05, 0.1) is 25.0 Å². The first-order chi connectivity index (χ1) is 9.75. The summed E-state index contributed by atoms with van der Waals surface area (Å²) in [5.41, 5.74) is -0.356. The molecule has 0 spiro atoms. The number of nitrogens with one attached hydrogen (secondary N) is 1. The van der Waals surface area contributed by atoms with Crippen LogP contribution in [0.2, 0.25) is 10.0 Å². The summed E-state index contributed by atoms with van der Waals surface area (Å²) in [4.78, 5) is 22.9. The molecule has 1 atom stereocenters. The second kappa shape index (κ2) is 7.64. The first-order valence-corrected chi connectivity index (χ1v) is 6.97. The molecular weight excluding hydrogens is 317 g/mol. The fraction of sp³-hybridized carbons (Fsp3) is 0.429. The van der Waals surface area contributed by atoms with Gasteiger partial charge in [-0.1, -0.05) is 29.3 Å². The number of carbonyl (C=O) groups is 2. The van der Waals surface area contributed by atoms with Crippen molar-refractivity contribution in [3.8, 4) is 0 Å². The van der Waals surface area contributed by atoms with E-state index >= 15 is 0 Å². The Morgan fingerprint density at radius 1 is 1.38 bits per heavy atom. The number of carboxylic acids is 1. The molecule has 0 heterocycles. The highest BCUT2D eigenvalue weighted by atomic mass is 35.5. The molecule has 1 unspecified atom stereocenters. The van der Waals surface area contributed by atoms with Crippen molar-refractivity contribution in [1.82, 2.24) is 5.32 Å². The van der Waals surface area contributed by atoms with Crippen LogP contribution < -0.4 is 5.32 Å². The SMILES string of the molecule is COCC(C)(CC(=O)O)NC(=O)Cc1ccc(Cl)cc1Cl. The number of aliphatic carboxylic acids is 1. The van der Waals surface area contributed by atoms with Gasteiger partial charge in [0.1, 0.15) is 0 Å². The lowest BCUT2D eigenvalue weighted by molar-refractivity contribution is -0.139. The molecule has 0 bridgehead atoms. The topological polar surface area (TPSA) is 75.6 Å². The zero-order valence-electron chi connectivity index (χ0n) is 11.8. The molecule has 0 aliphatic rings. The summed E-state index contributed by atoms with van der Waals surface area (Å²) in [6, 6.07) is 4.86. The Bertz CT molecular complexity index is 536. The van der Waals surface area contributed by atoms with Gasteiger partial charge >= 0.3 is 5.97 Å². The molecule has 1 amide bonds. The van der Waals surface area contributed by atoms with E-state index in [0.29, 0.717) is 15.6 Å². The minimum absolute atomic E-state index is 0.0366. The Labute approximate surface area is 133 Å². The van der Waals surface area contributed by atoms with Crippen molar-refractivity contribution in [3.05, 3.63) is 33.8 Å². The molecule has 21 heavy (non-hydrogen) atoms. The monoisotopic (exact) mass is 333 g/mol. The van der Waals surface area contributed by atoms with E-state index < -0.39 is 11.5 Å². The van der Waals surface area contributed by atoms with Crippen LogP contribution in [-0.4, -0.2) is 36.2 Å². The summed E-state index contributed by atoms with van der Waals surface area (Å²) in [5.74, 6) is -1.35. The molecule has 0 fully saturated rings. The predicted molar refractivity (Wildman–Crippen MR) is 80.8 cm³/mol. The number of carboxylic acid groups (broad SMARTS) is 1. The molecule has 1 rings (SSSR count). The molecule has 0 saturated carbocycles. The lowest BCUT2D eigenvalue weighted by Crippen LogP contribution is -2.51. The Morgan fingerprint density at radius 3 is 2.57 bits per heavy atom. The van der Waals surface area contributed by atoms with E-state index in [1.165, 1.54) is 7.11 Å². The number of ether oxygens (including phenoxy) is 1. The van der Waals surface area contributed by atoms with Crippen LogP contribution in [0.4, 0.5) is 0 Å². The number of hydrogen-bond donors (Lipinski definition) is 2. The predicted octanol–water partition coefficient (Wildman–Crippen LogP) is 2.53. The summed E-state index contributed by atoms with van der Waals surface area (Å²) in [5, 5.41) is 12.5. The maximum Gasteiger partial charge on any atom is 0.305 e. The van der Waals surface area contributed by atoms with Crippen molar-refractivity contribution < 1.29 is 19.4 Å². The van der Waals surface area contributed by atoms with Crippen LogP contribution in [0.3, 0.4) is 0 Å². The molecule has 0 radical (unpaired) electrons. The largest absolute Gasteiger partial charge is 0.481 e. The maximum atomic E-state index is 12.1. The smallest absolute Gasteiger partial charge is 0.305 e. The highest BCUT2D eigenvalue weighted by Gasteiger charge is 2.29. The third kappa shape index (κ3) is 5.91. The molecule has 0 aliphatic heterocycles. The molecule has 116 valence electrons. The third-order valence-electron chi connectivity index (χ3n) is 2.81. The van der Waals surface area contributed by atoms with E-state index in [1.807, 2.05) is 0 Å². The summed E-state index contributed by atoms with van der Waals surface area (Å²) in [7, 11) is 1.45. The highest BCUT2D eigenvalue weighted by Crippen LogP contribution is 2.21. The summed E-state index contributed by atoms with van der Waals surface area (Å²) >= 11 is 11.8. The molecule has 0 saturated heterocycles. The van der Waals surface area contributed by atoms with Crippen molar-refractivity contribution >= 4 is 35.1 Å². The van der Waals surface area contributed by atoms with Crippen molar-refractivity contribution in [2.24, 2.45) is 0 Å². The summed E-state index contributed by atoms with van der Waals surface area (Å²) in [6.45, 7) is 1.71. The van der Waals surface area contributed by atoms with Crippen molar-refractivity contribution in [2.45, 2.75) is 25.3 Å². The van der Waals surface area contributed by atoms with Gasteiger partial charge in [-0.3, -0.25) is 9.59 Å². The Hall–Kier alpha value is -1.30. The molecule has 7 heteroatoms. The van der Waals surface area contributed by atoms with Crippen molar-refractivity contribution in [3.63, 3.8) is 0 Å². The van der Waals surface area contributed by atoms with E-state index in [9.17, 15) is 9.59 Å². The molecule has 0 aliphatic carbocycles. The van der Waals surface area contributed by atoms with Crippen LogP contribution in [-0.2, 0) is 20.7 Å². The fourth-order valence-corrected chi connectivity index (χ4v) is 2.48. The van der Waals surface area contributed by atoms with Gasteiger partial charge < -0.3 is 15.2 Å². The second-order valence-electron chi connectivity index (χ2n) is 5.02. The van der Waals surface area contributed by atoms with Gasteiger partial charge in [-0.25, -0.2) is 0 Å². The van der Waals surface area contributed by atoms with Gasteiger partial charge in [0.15, 0.2) is 0 Å². The minimum atomic E-state index is -1.01. The highest BCUT2D eigenvalue weighted by molar-refractivity contribution is 6.35. The maximum absolute atomic E-state index is 12.1. The average Bonchev–Trinajstić information content (AvgIpc) is 2.31. The normalized spacial score (nSPS) is 13.5. The van der Waals surface area contributed by atoms with E-state index in [2.05, 4.69) is 5.32 Å². The van der Waals surface area contributed by atoms with E-state index in [4.69, 9.17) is 33.0 Å².